The highest BCUT2D eigenvalue weighted by Gasteiger charge is 2.30. The summed E-state index contributed by atoms with van der Waals surface area (Å²) in [4.78, 5) is 24.9. The van der Waals surface area contributed by atoms with Crippen LogP contribution in [0.5, 0.6) is 11.5 Å². The minimum absolute atomic E-state index is 0.0808. The van der Waals surface area contributed by atoms with Crippen molar-refractivity contribution >= 4 is 11.9 Å². The van der Waals surface area contributed by atoms with Crippen molar-refractivity contribution in [1.29, 1.82) is 0 Å². The third kappa shape index (κ3) is 5.14. The summed E-state index contributed by atoms with van der Waals surface area (Å²) in [5, 5.41) is 0. The molecule has 7 nitrogen and oxygen atoms in total. The van der Waals surface area contributed by atoms with Crippen LogP contribution in [0, 0.1) is 0 Å². The van der Waals surface area contributed by atoms with Gasteiger partial charge in [-0.25, -0.2) is 4.79 Å². The first kappa shape index (κ1) is 17.1. The number of nitrogens with zero attached hydrogens (tertiary/aromatic N) is 1. The standard InChI is InChI=1S/C16H21NO6/c1-20-12-3-5-13(6-4-12)22-10-9-17-8-7-14(18)15(11-17)23-16(19)21-2/h3-6,15H,7-11H2,1-2H3. The molecule has 1 aliphatic heterocycles. The Hall–Kier alpha value is -2.28. The molecule has 0 N–H and O–H groups in total. The molecule has 0 bridgehead atoms. The molecule has 0 spiro atoms. The molecule has 0 radical (unpaired) electrons. The Morgan fingerprint density at radius 2 is 1.91 bits per heavy atom. The van der Waals surface area contributed by atoms with Crippen LogP contribution in [0.1, 0.15) is 6.42 Å². The lowest BCUT2D eigenvalue weighted by molar-refractivity contribution is -0.133. The summed E-state index contributed by atoms with van der Waals surface area (Å²) in [5.41, 5.74) is 0. The van der Waals surface area contributed by atoms with Crippen LogP contribution in [0.3, 0.4) is 0 Å². The first-order chi connectivity index (χ1) is 11.1. The van der Waals surface area contributed by atoms with Crippen molar-refractivity contribution in [1.82, 2.24) is 4.90 Å². The van der Waals surface area contributed by atoms with Gasteiger partial charge in [-0.1, -0.05) is 0 Å². The van der Waals surface area contributed by atoms with Gasteiger partial charge >= 0.3 is 6.16 Å². The second kappa shape index (κ2) is 8.38. The number of ketones is 1. The zero-order valence-electron chi connectivity index (χ0n) is 13.3. The Morgan fingerprint density at radius 1 is 1.22 bits per heavy atom. The van der Waals surface area contributed by atoms with E-state index in [1.807, 2.05) is 29.2 Å². The molecule has 1 heterocycles. The number of ether oxygens (including phenoxy) is 4. The molecule has 1 atom stereocenters. The second-order valence-electron chi connectivity index (χ2n) is 5.10. The highest BCUT2D eigenvalue weighted by molar-refractivity contribution is 5.85. The van der Waals surface area contributed by atoms with E-state index in [1.165, 1.54) is 7.11 Å². The number of benzene rings is 1. The molecule has 1 unspecified atom stereocenters. The van der Waals surface area contributed by atoms with Crippen molar-refractivity contribution in [3.05, 3.63) is 24.3 Å². The molecule has 0 amide bonds. The topological polar surface area (TPSA) is 74.3 Å². The molecule has 0 aromatic heterocycles. The Labute approximate surface area is 135 Å². The number of carbonyl (C=O) groups excluding carboxylic acids is 2. The van der Waals surface area contributed by atoms with Gasteiger partial charge in [0.15, 0.2) is 11.9 Å². The lowest BCUT2D eigenvalue weighted by atomic mass is 10.1. The van der Waals surface area contributed by atoms with E-state index in [0.717, 1.165) is 11.5 Å². The van der Waals surface area contributed by atoms with E-state index < -0.39 is 12.3 Å². The third-order valence-electron chi connectivity index (χ3n) is 3.60. The summed E-state index contributed by atoms with van der Waals surface area (Å²) in [6.07, 6.45) is -1.25. The van der Waals surface area contributed by atoms with Gasteiger partial charge in [0.1, 0.15) is 18.1 Å². The number of carbonyl (C=O) groups is 2. The van der Waals surface area contributed by atoms with E-state index in [2.05, 4.69) is 4.74 Å². The van der Waals surface area contributed by atoms with Gasteiger partial charge in [0.05, 0.1) is 14.2 Å². The summed E-state index contributed by atoms with van der Waals surface area (Å²) in [6, 6.07) is 7.33. The first-order valence-corrected chi connectivity index (χ1v) is 7.39. The molecule has 1 aromatic carbocycles. The molecule has 1 fully saturated rings. The van der Waals surface area contributed by atoms with Crippen molar-refractivity contribution in [3.63, 3.8) is 0 Å². The summed E-state index contributed by atoms with van der Waals surface area (Å²) < 4.78 is 20.1. The first-order valence-electron chi connectivity index (χ1n) is 7.39. The lowest BCUT2D eigenvalue weighted by Gasteiger charge is -2.30. The summed E-state index contributed by atoms with van der Waals surface area (Å²) in [7, 11) is 2.83. The molecule has 7 heteroatoms. The Bertz CT molecular complexity index is 530. The molecule has 126 valence electrons. The zero-order valence-corrected chi connectivity index (χ0v) is 13.3. The summed E-state index contributed by atoms with van der Waals surface area (Å²) in [5.74, 6) is 1.44. The maximum atomic E-state index is 11.7. The predicted molar refractivity (Wildman–Crippen MR) is 81.8 cm³/mol. The lowest BCUT2D eigenvalue weighted by Crippen LogP contribution is -2.47. The fraction of sp³-hybridized carbons (Fsp3) is 0.500. The average molecular weight is 323 g/mol. The minimum Gasteiger partial charge on any atom is -0.497 e. The number of Topliss-reactive ketones (excluding diaryl/α,β-unsaturated/α-hetero) is 1. The predicted octanol–water partition coefficient (Wildman–Crippen LogP) is 1.50. The van der Waals surface area contributed by atoms with E-state index in [-0.39, 0.29) is 5.78 Å². The van der Waals surface area contributed by atoms with Crippen LogP contribution in [-0.4, -0.2) is 63.4 Å². The zero-order chi connectivity index (χ0) is 16.7. The SMILES string of the molecule is COC(=O)OC1CN(CCOc2ccc(OC)cc2)CCC1=O. The van der Waals surface area contributed by atoms with Crippen LogP contribution in [0.25, 0.3) is 0 Å². The Morgan fingerprint density at radius 3 is 2.57 bits per heavy atom. The third-order valence-corrected chi connectivity index (χ3v) is 3.60. The fourth-order valence-electron chi connectivity index (χ4n) is 2.29. The quantitative estimate of drug-likeness (QED) is 0.734. The molecule has 1 aliphatic rings. The number of likely N-dealkylation sites (tertiary alicyclic amines) is 1. The van der Waals surface area contributed by atoms with Crippen LogP contribution >= 0.6 is 0 Å². The van der Waals surface area contributed by atoms with Crippen molar-refractivity contribution in [2.45, 2.75) is 12.5 Å². The molecule has 1 aromatic rings. The molecule has 0 aliphatic carbocycles. The molecule has 0 saturated carbocycles. The molecule has 2 rings (SSSR count). The summed E-state index contributed by atoms with van der Waals surface area (Å²) in [6.45, 7) is 2.11. The monoisotopic (exact) mass is 323 g/mol. The van der Waals surface area contributed by atoms with Crippen molar-refractivity contribution in [2.24, 2.45) is 0 Å². The molecule has 1 saturated heterocycles. The second-order valence-corrected chi connectivity index (χ2v) is 5.10. The maximum Gasteiger partial charge on any atom is 0.508 e. The molecular weight excluding hydrogens is 302 g/mol. The van der Waals surface area contributed by atoms with E-state index >= 15 is 0 Å². The maximum absolute atomic E-state index is 11.7. The largest absolute Gasteiger partial charge is 0.508 e. The van der Waals surface area contributed by atoms with Gasteiger partial charge in [-0.3, -0.25) is 9.69 Å². The van der Waals surface area contributed by atoms with Gasteiger partial charge < -0.3 is 18.9 Å². The van der Waals surface area contributed by atoms with Gasteiger partial charge in [-0.15, -0.1) is 0 Å². The number of hydrogen-bond acceptors (Lipinski definition) is 7. The number of hydrogen-bond donors (Lipinski definition) is 0. The van der Waals surface area contributed by atoms with Crippen LogP contribution in [0.2, 0.25) is 0 Å². The number of methoxy groups -OCH3 is 2. The van der Waals surface area contributed by atoms with E-state index in [0.29, 0.717) is 32.7 Å². The fourth-order valence-corrected chi connectivity index (χ4v) is 2.29. The van der Waals surface area contributed by atoms with Crippen molar-refractivity contribution < 1.29 is 28.5 Å². The molecular formula is C16H21NO6. The average Bonchev–Trinajstić information content (AvgIpc) is 2.58. The van der Waals surface area contributed by atoms with Crippen LogP contribution in [0.4, 0.5) is 4.79 Å². The van der Waals surface area contributed by atoms with Crippen molar-refractivity contribution in [2.75, 3.05) is 40.5 Å². The number of piperidine rings is 1. The van der Waals surface area contributed by atoms with E-state index in [1.54, 1.807) is 7.11 Å². The Balaban J connectivity index is 1.76. The van der Waals surface area contributed by atoms with Gasteiger partial charge in [-0.05, 0) is 24.3 Å². The minimum atomic E-state index is -0.834. The van der Waals surface area contributed by atoms with Crippen LogP contribution < -0.4 is 9.47 Å². The highest BCUT2D eigenvalue weighted by atomic mass is 16.7. The van der Waals surface area contributed by atoms with Gasteiger partial charge in [0, 0.05) is 26.1 Å². The number of rotatable bonds is 6. The summed E-state index contributed by atoms with van der Waals surface area (Å²) >= 11 is 0. The Kier molecular flexibility index (Phi) is 6.22. The van der Waals surface area contributed by atoms with Gasteiger partial charge in [0.25, 0.3) is 0 Å². The highest BCUT2D eigenvalue weighted by Crippen LogP contribution is 2.17. The van der Waals surface area contributed by atoms with E-state index in [9.17, 15) is 9.59 Å². The molecule has 23 heavy (non-hydrogen) atoms. The van der Waals surface area contributed by atoms with Crippen molar-refractivity contribution in [3.8, 4) is 11.5 Å². The van der Waals surface area contributed by atoms with Crippen LogP contribution in [0.15, 0.2) is 24.3 Å². The van der Waals surface area contributed by atoms with Crippen LogP contribution in [-0.2, 0) is 14.3 Å². The van der Waals surface area contributed by atoms with Gasteiger partial charge in [-0.2, -0.15) is 0 Å². The smallest absolute Gasteiger partial charge is 0.497 e. The van der Waals surface area contributed by atoms with E-state index in [4.69, 9.17) is 14.2 Å². The van der Waals surface area contributed by atoms with Gasteiger partial charge in [0.2, 0.25) is 0 Å². The normalized spacial score (nSPS) is 18.3.